The molecule has 1 rings (SSSR count). The lowest BCUT2D eigenvalue weighted by atomic mass is 9.98. The van der Waals surface area contributed by atoms with Crippen LogP contribution in [0.2, 0.25) is 0 Å². The van der Waals surface area contributed by atoms with E-state index in [9.17, 15) is 0 Å². The summed E-state index contributed by atoms with van der Waals surface area (Å²) in [6.07, 6.45) is 0. The number of nitrogens with zero attached hydrogens (tertiary/aromatic N) is 2. The Morgan fingerprint density at radius 3 is 2.33 bits per heavy atom. The molecule has 0 saturated heterocycles. The van der Waals surface area contributed by atoms with Crippen molar-refractivity contribution in [2.24, 2.45) is 0 Å². The molecule has 1 aromatic heterocycles. The highest BCUT2D eigenvalue weighted by atomic mass is 32.1. The minimum atomic E-state index is 0.137. The van der Waals surface area contributed by atoms with Crippen LogP contribution in [0.3, 0.4) is 0 Å². The molecule has 0 fully saturated rings. The Hall–Kier alpha value is -0.440. The summed E-state index contributed by atoms with van der Waals surface area (Å²) in [6, 6.07) is 0. The summed E-state index contributed by atoms with van der Waals surface area (Å²) in [7, 11) is 0. The van der Waals surface area contributed by atoms with E-state index in [-0.39, 0.29) is 5.41 Å². The number of aromatic nitrogens is 2. The molecule has 0 aliphatic rings. The molecule has 0 N–H and O–H groups in total. The molecule has 0 atom stereocenters. The first-order valence-electron chi connectivity index (χ1n) is 2.81. The monoisotopic (exact) mass is 141 g/mol. The van der Waals surface area contributed by atoms with Crippen LogP contribution in [0.5, 0.6) is 0 Å². The Labute approximate surface area is 58.9 Å². The van der Waals surface area contributed by atoms with Gasteiger partial charge in [0.25, 0.3) is 0 Å². The molecule has 1 heterocycles. The molecular formula is C6H9N2S. The summed E-state index contributed by atoms with van der Waals surface area (Å²) in [5.41, 5.74) is 2.85. The Kier molecular flexibility index (Phi) is 1.53. The van der Waals surface area contributed by atoms with Crippen molar-refractivity contribution in [1.29, 1.82) is 0 Å². The van der Waals surface area contributed by atoms with Crippen LogP contribution in [0.25, 0.3) is 0 Å². The first kappa shape index (κ1) is 6.68. The topological polar surface area (TPSA) is 25.8 Å². The van der Waals surface area contributed by atoms with Gasteiger partial charge in [0.1, 0.15) is 5.01 Å². The summed E-state index contributed by atoms with van der Waals surface area (Å²) < 4.78 is 0. The minimum absolute atomic E-state index is 0.137. The normalized spacial score (nSPS) is 11.9. The van der Waals surface area contributed by atoms with E-state index in [4.69, 9.17) is 0 Å². The second-order valence-electron chi connectivity index (χ2n) is 2.95. The van der Waals surface area contributed by atoms with E-state index in [1.165, 1.54) is 11.3 Å². The molecule has 9 heavy (non-hydrogen) atoms. The molecule has 0 amide bonds. The van der Waals surface area contributed by atoms with Crippen molar-refractivity contribution in [2.45, 2.75) is 26.2 Å². The summed E-state index contributed by atoms with van der Waals surface area (Å²) in [5.74, 6) is 0. The Morgan fingerprint density at radius 2 is 2.11 bits per heavy atom. The van der Waals surface area contributed by atoms with E-state index in [2.05, 4.69) is 36.5 Å². The largest absolute Gasteiger partial charge is 0.178 e. The molecular weight excluding hydrogens is 132 g/mol. The van der Waals surface area contributed by atoms with Crippen LogP contribution >= 0.6 is 11.3 Å². The van der Waals surface area contributed by atoms with Crippen molar-refractivity contribution in [2.75, 3.05) is 0 Å². The lowest BCUT2D eigenvalue weighted by Gasteiger charge is -2.11. The summed E-state index contributed by atoms with van der Waals surface area (Å²) in [5, 5.41) is 8.58. The van der Waals surface area contributed by atoms with E-state index in [0.717, 1.165) is 5.01 Å². The van der Waals surface area contributed by atoms with E-state index < -0.39 is 0 Å². The maximum Gasteiger partial charge on any atom is 0.178 e. The highest BCUT2D eigenvalue weighted by Gasteiger charge is 2.16. The van der Waals surface area contributed by atoms with Crippen LogP contribution in [0.4, 0.5) is 0 Å². The third-order valence-corrected chi connectivity index (χ3v) is 2.03. The average molecular weight is 141 g/mol. The fraction of sp³-hybridized carbons (Fsp3) is 0.667. The minimum Gasteiger partial charge on any atom is -0.143 e. The maximum atomic E-state index is 3.90. The third-order valence-electron chi connectivity index (χ3n) is 0.966. The van der Waals surface area contributed by atoms with Crippen LogP contribution in [-0.4, -0.2) is 10.2 Å². The number of hydrogen-bond donors (Lipinski definition) is 0. The molecule has 1 aromatic rings. The molecule has 0 aliphatic carbocycles. The number of rotatable bonds is 0. The Morgan fingerprint density at radius 1 is 1.44 bits per heavy atom. The first-order valence-corrected chi connectivity index (χ1v) is 3.62. The van der Waals surface area contributed by atoms with Crippen LogP contribution in [0, 0.1) is 5.51 Å². The lowest BCUT2D eigenvalue weighted by Crippen LogP contribution is -2.10. The standard InChI is InChI=1S/C6H9N2S/c1-6(2,3)5-8-7-4-9-5/h1-3H3. The predicted octanol–water partition coefficient (Wildman–Crippen LogP) is 1.64. The van der Waals surface area contributed by atoms with E-state index in [1.807, 2.05) is 0 Å². The predicted molar refractivity (Wildman–Crippen MR) is 37.4 cm³/mol. The zero-order valence-electron chi connectivity index (χ0n) is 5.80. The highest BCUT2D eigenvalue weighted by molar-refractivity contribution is 7.08. The summed E-state index contributed by atoms with van der Waals surface area (Å²) in [4.78, 5) is 0. The van der Waals surface area contributed by atoms with Crippen molar-refractivity contribution >= 4 is 11.3 Å². The van der Waals surface area contributed by atoms with Gasteiger partial charge in [-0.05, 0) is 0 Å². The van der Waals surface area contributed by atoms with Gasteiger partial charge >= 0.3 is 0 Å². The second kappa shape index (κ2) is 2.06. The zero-order chi connectivity index (χ0) is 6.91. The van der Waals surface area contributed by atoms with Gasteiger partial charge in [-0.1, -0.05) is 32.1 Å². The molecule has 0 bridgehead atoms. The van der Waals surface area contributed by atoms with Gasteiger partial charge in [-0.15, -0.1) is 10.2 Å². The van der Waals surface area contributed by atoms with E-state index >= 15 is 0 Å². The Balaban J connectivity index is 2.90. The molecule has 49 valence electrons. The van der Waals surface area contributed by atoms with Gasteiger partial charge in [-0.2, -0.15) is 0 Å². The average Bonchev–Trinajstić information content (AvgIpc) is 2.08. The first-order chi connectivity index (χ1) is 4.11. The van der Waals surface area contributed by atoms with Crippen molar-refractivity contribution in [1.82, 2.24) is 10.2 Å². The van der Waals surface area contributed by atoms with Gasteiger partial charge in [-0.3, -0.25) is 0 Å². The maximum absolute atomic E-state index is 3.90. The quantitative estimate of drug-likeness (QED) is 0.549. The van der Waals surface area contributed by atoms with Crippen molar-refractivity contribution in [3.05, 3.63) is 10.5 Å². The van der Waals surface area contributed by atoms with Gasteiger partial charge < -0.3 is 0 Å². The molecule has 0 spiro atoms. The number of hydrogen-bond acceptors (Lipinski definition) is 3. The van der Waals surface area contributed by atoms with Gasteiger partial charge in [0.15, 0.2) is 5.51 Å². The van der Waals surface area contributed by atoms with Crippen molar-refractivity contribution in [3.63, 3.8) is 0 Å². The van der Waals surface area contributed by atoms with E-state index in [1.54, 1.807) is 0 Å². The fourth-order valence-electron chi connectivity index (χ4n) is 0.453. The molecule has 2 nitrogen and oxygen atoms in total. The highest BCUT2D eigenvalue weighted by Crippen LogP contribution is 2.21. The van der Waals surface area contributed by atoms with Gasteiger partial charge in [-0.25, -0.2) is 0 Å². The fourth-order valence-corrected chi connectivity index (χ4v) is 1.01. The van der Waals surface area contributed by atoms with Gasteiger partial charge in [0.05, 0.1) is 0 Å². The lowest BCUT2D eigenvalue weighted by molar-refractivity contribution is 0.578. The van der Waals surface area contributed by atoms with Crippen LogP contribution in [-0.2, 0) is 5.41 Å². The molecule has 0 aromatic carbocycles. The van der Waals surface area contributed by atoms with Crippen LogP contribution < -0.4 is 0 Å². The van der Waals surface area contributed by atoms with Gasteiger partial charge in [0.2, 0.25) is 0 Å². The van der Waals surface area contributed by atoms with Crippen LogP contribution in [0.1, 0.15) is 25.8 Å². The second-order valence-corrected chi connectivity index (χ2v) is 3.72. The smallest absolute Gasteiger partial charge is 0.143 e. The summed E-state index contributed by atoms with van der Waals surface area (Å²) >= 11 is 1.48. The van der Waals surface area contributed by atoms with E-state index in [0.29, 0.717) is 0 Å². The van der Waals surface area contributed by atoms with Crippen molar-refractivity contribution in [3.8, 4) is 0 Å². The van der Waals surface area contributed by atoms with Gasteiger partial charge in [0, 0.05) is 5.41 Å². The molecule has 3 heteroatoms. The molecule has 0 aliphatic heterocycles. The Bertz CT molecular complexity index is 173. The molecule has 1 radical (unpaired) electrons. The van der Waals surface area contributed by atoms with Crippen molar-refractivity contribution < 1.29 is 0 Å². The summed E-state index contributed by atoms with van der Waals surface area (Å²) in [6.45, 7) is 6.34. The SMILES string of the molecule is CC(C)(C)c1nn[c]s1. The zero-order valence-corrected chi connectivity index (χ0v) is 6.62. The molecule has 0 saturated carbocycles. The van der Waals surface area contributed by atoms with Crippen LogP contribution in [0.15, 0.2) is 0 Å². The third kappa shape index (κ3) is 1.48. The molecule has 0 unspecified atom stereocenters.